The molecule has 6 rings (SSSR count). The molecule has 1 aliphatic heterocycles. The van der Waals surface area contributed by atoms with E-state index in [2.05, 4.69) is 4.98 Å². The molecule has 8 heteroatoms. The lowest BCUT2D eigenvalue weighted by atomic mass is 9.82. The molecule has 0 bridgehead atoms. The van der Waals surface area contributed by atoms with E-state index in [1.807, 2.05) is 42.5 Å². The number of nitrogens with one attached hydrogen (secondary N) is 2. The van der Waals surface area contributed by atoms with Crippen LogP contribution in [0.2, 0.25) is 0 Å². The van der Waals surface area contributed by atoms with Crippen molar-refractivity contribution in [1.82, 2.24) is 4.98 Å². The summed E-state index contributed by atoms with van der Waals surface area (Å²) in [5.41, 5.74) is 5.32. The molecule has 3 aromatic carbocycles. The van der Waals surface area contributed by atoms with Crippen LogP contribution in [0.15, 0.2) is 72.8 Å². The Bertz CT molecular complexity index is 1390. The zero-order chi connectivity index (χ0) is 21.8. The highest BCUT2D eigenvalue weighted by Crippen LogP contribution is 2.41. The van der Waals surface area contributed by atoms with Gasteiger partial charge in [0.15, 0.2) is 11.7 Å². The van der Waals surface area contributed by atoms with Gasteiger partial charge in [0.05, 0.1) is 28.2 Å². The highest BCUT2D eigenvalue weighted by molar-refractivity contribution is 7.90. The minimum absolute atomic E-state index is 0.116. The SMILES string of the molecule is N=C1c2ccc(-c3ccccc3)cc2C(=O)c2c(-c3ccc(N4OSO4)cc3)[nH]c(O)c21. The number of aromatic nitrogens is 1. The van der Waals surface area contributed by atoms with Crippen molar-refractivity contribution in [2.24, 2.45) is 0 Å². The third-order valence-corrected chi connectivity index (χ3v) is 6.05. The third-order valence-electron chi connectivity index (χ3n) is 5.66. The van der Waals surface area contributed by atoms with Crippen LogP contribution >= 0.6 is 12.3 Å². The molecular formula is C24H15N3O4S. The van der Waals surface area contributed by atoms with E-state index >= 15 is 0 Å². The van der Waals surface area contributed by atoms with Crippen LogP contribution in [0.3, 0.4) is 0 Å². The van der Waals surface area contributed by atoms with Gasteiger partial charge < -0.3 is 10.1 Å². The second-order valence-corrected chi connectivity index (χ2v) is 7.88. The van der Waals surface area contributed by atoms with Crippen molar-refractivity contribution in [2.75, 3.05) is 5.23 Å². The number of H-pyrrole nitrogens is 1. The normalized spacial score (nSPS) is 14.7. The summed E-state index contributed by atoms with van der Waals surface area (Å²) in [5, 5.41) is 20.5. The fourth-order valence-corrected chi connectivity index (χ4v) is 4.39. The first-order valence-corrected chi connectivity index (χ1v) is 10.5. The molecule has 4 aromatic rings. The fourth-order valence-electron chi connectivity index (χ4n) is 4.10. The van der Waals surface area contributed by atoms with Crippen LogP contribution in [0.1, 0.15) is 27.0 Å². The maximum atomic E-state index is 13.6. The van der Waals surface area contributed by atoms with Crippen LogP contribution < -0.4 is 5.23 Å². The minimum Gasteiger partial charge on any atom is -0.494 e. The molecule has 1 saturated heterocycles. The number of rotatable bonds is 3. The average molecular weight is 441 g/mol. The van der Waals surface area contributed by atoms with Gasteiger partial charge in [0.25, 0.3) is 0 Å². The van der Waals surface area contributed by atoms with Gasteiger partial charge in [-0.15, -0.1) is 8.57 Å². The van der Waals surface area contributed by atoms with Gasteiger partial charge in [-0.2, -0.15) is 0 Å². The topological polar surface area (TPSA) is 98.6 Å². The van der Waals surface area contributed by atoms with Gasteiger partial charge in [-0.25, -0.2) is 0 Å². The monoisotopic (exact) mass is 441 g/mol. The molecule has 2 heterocycles. The number of nitrogens with zero attached hydrogens (tertiary/aromatic N) is 1. The fraction of sp³-hybridized carbons (Fsp3) is 0. The predicted octanol–water partition coefficient (Wildman–Crippen LogP) is 5.26. The van der Waals surface area contributed by atoms with Crippen molar-refractivity contribution in [3.05, 3.63) is 95.1 Å². The Labute approximate surface area is 187 Å². The first-order chi connectivity index (χ1) is 15.6. The van der Waals surface area contributed by atoms with Gasteiger partial charge in [-0.3, -0.25) is 10.2 Å². The van der Waals surface area contributed by atoms with E-state index in [9.17, 15) is 9.90 Å². The number of aromatic amines is 1. The number of hydrogen-bond acceptors (Lipinski definition) is 7. The number of anilines is 1. The van der Waals surface area contributed by atoms with Gasteiger partial charge in [-0.1, -0.05) is 59.8 Å². The smallest absolute Gasteiger partial charge is 0.217 e. The number of fused-ring (bicyclic) bond motifs is 2. The molecule has 1 fully saturated rings. The van der Waals surface area contributed by atoms with Gasteiger partial charge >= 0.3 is 0 Å². The zero-order valence-electron chi connectivity index (χ0n) is 16.5. The molecule has 2 aliphatic rings. The summed E-state index contributed by atoms with van der Waals surface area (Å²) in [4.78, 5) is 16.5. The summed E-state index contributed by atoms with van der Waals surface area (Å²) in [6.07, 6.45) is 0. The third kappa shape index (κ3) is 2.78. The molecular weight excluding hydrogens is 426 g/mol. The Kier molecular flexibility index (Phi) is 4.19. The van der Waals surface area contributed by atoms with E-state index in [1.54, 1.807) is 30.3 Å². The number of carbonyl (C=O) groups is 1. The van der Waals surface area contributed by atoms with Gasteiger partial charge in [-0.05, 0) is 34.9 Å². The summed E-state index contributed by atoms with van der Waals surface area (Å²) in [6.45, 7) is 0. The van der Waals surface area contributed by atoms with Crippen LogP contribution in [0.25, 0.3) is 22.4 Å². The molecule has 0 atom stereocenters. The van der Waals surface area contributed by atoms with Crippen molar-refractivity contribution in [3.63, 3.8) is 0 Å². The molecule has 0 saturated carbocycles. The Morgan fingerprint density at radius 3 is 2.25 bits per heavy atom. The number of aromatic hydroxyl groups is 1. The Balaban J connectivity index is 1.46. The van der Waals surface area contributed by atoms with Crippen LogP contribution in [-0.2, 0) is 8.57 Å². The van der Waals surface area contributed by atoms with Crippen LogP contribution in [0.4, 0.5) is 5.69 Å². The van der Waals surface area contributed by atoms with E-state index < -0.39 is 0 Å². The van der Waals surface area contributed by atoms with Gasteiger partial charge in [0.1, 0.15) is 0 Å². The zero-order valence-corrected chi connectivity index (χ0v) is 17.3. The summed E-state index contributed by atoms with van der Waals surface area (Å²) in [5.74, 6) is -0.425. The van der Waals surface area contributed by atoms with E-state index in [-0.39, 0.29) is 22.9 Å². The molecule has 32 heavy (non-hydrogen) atoms. The second-order valence-electron chi connectivity index (χ2n) is 7.45. The van der Waals surface area contributed by atoms with Crippen molar-refractivity contribution >= 4 is 29.5 Å². The summed E-state index contributed by atoms with van der Waals surface area (Å²) in [7, 11) is 0. The Morgan fingerprint density at radius 2 is 1.56 bits per heavy atom. The molecule has 1 aliphatic carbocycles. The maximum absolute atomic E-state index is 13.6. The lowest BCUT2D eigenvalue weighted by Gasteiger charge is -2.26. The summed E-state index contributed by atoms with van der Waals surface area (Å²) in [6, 6.07) is 22.4. The predicted molar refractivity (Wildman–Crippen MR) is 121 cm³/mol. The van der Waals surface area contributed by atoms with E-state index in [1.165, 1.54) is 5.23 Å². The molecule has 0 spiro atoms. The van der Waals surface area contributed by atoms with Crippen LogP contribution in [-0.4, -0.2) is 21.6 Å². The standard InChI is InChI=1S/C24H15N3O4S/c25-21-17-11-8-15(13-4-2-1-3-5-13)12-18(17)23(28)20-19(21)24(29)26-22(20)14-6-9-16(10-7-14)27-30-32-31-27/h1-12,25-26,29H. The van der Waals surface area contributed by atoms with Gasteiger partial charge in [0.2, 0.25) is 12.3 Å². The lowest BCUT2D eigenvalue weighted by molar-refractivity contribution is 0.0269. The summed E-state index contributed by atoms with van der Waals surface area (Å²) < 4.78 is 10.1. The molecule has 156 valence electrons. The molecule has 7 nitrogen and oxygen atoms in total. The van der Waals surface area contributed by atoms with Crippen molar-refractivity contribution in [1.29, 1.82) is 5.41 Å². The lowest BCUT2D eigenvalue weighted by Crippen LogP contribution is -2.26. The average Bonchev–Trinajstić information content (AvgIpc) is 3.14. The first kappa shape index (κ1) is 18.9. The van der Waals surface area contributed by atoms with Crippen molar-refractivity contribution in [2.45, 2.75) is 0 Å². The van der Waals surface area contributed by atoms with Crippen molar-refractivity contribution in [3.8, 4) is 28.3 Å². The molecule has 1 aromatic heterocycles. The second kappa shape index (κ2) is 7.10. The van der Waals surface area contributed by atoms with Crippen LogP contribution in [0, 0.1) is 5.41 Å². The number of ketones is 1. The minimum atomic E-state index is -0.231. The molecule has 0 unspecified atom stereocenters. The van der Waals surface area contributed by atoms with E-state index in [4.69, 9.17) is 14.0 Å². The first-order valence-electron chi connectivity index (χ1n) is 9.82. The Hall–Kier alpha value is -3.85. The highest BCUT2D eigenvalue weighted by atomic mass is 32.2. The maximum Gasteiger partial charge on any atom is 0.217 e. The number of carbonyl (C=O) groups excluding carboxylic acids is 1. The molecule has 0 radical (unpaired) electrons. The number of benzene rings is 3. The highest BCUT2D eigenvalue weighted by Gasteiger charge is 2.35. The molecule has 3 N–H and O–H groups in total. The van der Waals surface area contributed by atoms with E-state index in [0.717, 1.165) is 23.5 Å². The van der Waals surface area contributed by atoms with E-state index in [0.29, 0.717) is 33.6 Å². The van der Waals surface area contributed by atoms with Crippen LogP contribution in [0.5, 0.6) is 5.88 Å². The summed E-state index contributed by atoms with van der Waals surface area (Å²) >= 11 is 0.874. The quantitative estimate of drug-likeness (QED) is 0.330. The largest absolute Gasteiger partial charge is 0.494 e. The number of hydrogen-bond donors (Lipinski definition) is 3. The molecule has 0 amide bonds. The van der Waals surface area contributed by atoms with Crippen molar-refractivity contribution < 1.29 is 18.5 Å². The van der Waals surface area contributed by atoms with Gasteiger partial charge in [0, 0.05) is 11.1 Å². The Morgan fingerprint density at radius 1 is 0.844 bits per heavy atom.